The maximum Gasteiger partial charge on any atom is 0.0418 e. The van der Waals surface area contributed by atoms with Crippen molar-refractivity contribution < 1.29 is 0 Å². The third-order valence-electron chi connectivity index (χ3n) is 4.86. The molecule has 2 nitrogen and oxygen atoms in total. The largest absolute Gasteiger partial charge is 0.371 e. The number of hydrogen-bond acceptors (Lipinski definition) is 2. The predicted octanol–water partition coefficient (Wildman–Crippen LogP) is 4.66. The second kappa shape index (κ2) is 7.47. The Morgan fingerprint density at radius 2 is 1.76 bits per heavy atom. The lowest BCUT2D eigenvalue weighted by Gasteiger charge is -2.36. The number of piperidine rings is 1. The molecule has 21 heavy (non-hydrogen) atoms. The number of nitrogens with zero attached hydrogens (tertiary/aromatic N) is 2. The van der Waals surface area contributed by atoms with Crippen LogP contribution in [0.15, 0.2) is 22.7 Å². The molecule has 0 spiro atoms. The second-order valence-corrected chi connectivity index (χ2v) is 7.82. The molecule has 0 aromatic heterocycles. The lowest BCUT2D eigenvalue weighted by molar-refractivity contribution is 0.249. The number of benzene rings is 1. The van der Waals surface area contributed by atoms with Crippen molar-refractivity contribution in [3.05, 3.63) is 28.2 Å². The number of likely N-dealkylation sites (tertiary alicyclic amines) is 1. The van der Waals surface area contributed by atoms with Crippen LogP contribution in [0.2, 0.25) is 0 Å². The van der Waals surface area contributed by atoms with E-state index in [-0.39, 0.29) is 0 Å². The van der Waals surface area contributed by atoms with Gasteiger partial charge in [-0.2, -0.15) is 0 Å². The van der Waals surface area contributed by atoms with Gasteiger partial charge in [0.2, 0.25) is 0 Å². The van der Waals surface area contributed by atoms with Gasteiger partial charge in [-0.15, -0.1) is 0 Å². The van der Waals surface area contributed by atoms with Crippen molar-refractivity contribution in [2.24, 2.45) is 5.92 Å². The van der Waals surface area contributed by atoms with E-state index in [1.54, 1.807) is 0 Å². The van der Waals surface area contributed by atoms with E-state index in [4.69, 9.17) is 0 Å². The minimum atomic E-state index is 0.902. The highest BCUT2D eigenvalue weighted by Gasteiger charge is 2.23. The van der Waals surface area contributed by atoms with Crippen LogP contribution in [0.25, 0.3) is 0 Å². The third kappa shape index (κ3) is 4.02. The standard InChI is InChI=1S/C17H24Br2N2/c18-12-15-3-4-16(19)11-17(15)21-9-5-14(6-10-21)13-20-7-1-2-8-20/h3-4,11,14H,1-2,5-10,12-13H2. The van der Waals surface area contributed by atoms with Crippen molar-refractivity contribution in [1.29, 1.82) is 0 Å². The average molecular weight is 416 g/mol. The molecule has 2 fully saturated rings. The quantitative estimate of drug-likeness (QED) is 0.660. The van der Waals surface area contributed by atoms with Crippen molar-refractivity contribution in [3.63, 3.8) is 0 Å². The summed E-state index contributed by atoms with van der Waals surface area (Å²) in [6.07, 6.45) is 5.49. The van der Waals surface area contributed by atoms with Crippen molar-refractivity contribution in [1.82, 2.24) is 4.90 Å². The average Bonchev–Trinajstić information content (AvgIpc) is 3.01. The summed E-state index contributed by atoms with van der Waals surface area (Å²) in [6.45, 7) is 6.40. The van der Waals surface area contributed by atoms with Gasteiger partial charge < -0.3 is 9.80 Å². The second-order valence-electron chi connectivity index (χ2n) is 6.34. The summed E-state index contributed by atoms with van der Waals surface area (Å²) >= 11 is 7.23. The van der Waals surface area contributed by atoms with E-state index in [0.717, 1.165) is 11.2 Å². The van der Waals surface area contributed by atoms with Gasteiger partial charge in [-0.1, -0.05) is 37.9 Å². The molecule has 116 valence electrons. The van der Waals surface area contributed by atoms with E-state index in [2.05, 4.69) is 59.9 Å². The van der Waals surface area contributed by atoms with Gasteiger partial charge in [0.05, 0.1) is 0 Å². The molecule has 2 saturated heterocycles. The lowest BCUT2D eigenvalue weighted by atomic mass is 9.95. The van der Waals surface area contributed by atoms with Gasteiger partial charge >= 0.3 is 0 Å². The first kappa shape index (κ1) is 15.8. The molecular weight excluding hydrogens is 392 g/mol. The molecule has 0 unspecified atom stereocenters. The molecule has 0 N–H and O–H groups in total. The van der Waals surface area contributed by atoms with E-state index < -0.39 is 0 Å². The molecule has 0 saturated carbocycles. The topological polar surface area (TPSA) is 6.48 Å². The molecule has 0 amide bonds. The first-order chi connectivity index (χ1) is 10.3. The van der Waals surface area contributed by atoms with Gasteiger partial charge in [0.1, 0.15) is 0 Å². The Kier molecular flexibility index (Phi) is 5.63. The van der Waals surface area contributed by atoms with Gasteiger partial charge in [0, 0.05) is 35.1 Å². The number of hydrogen-bond donors (Lipinski definition) is 0. The molecule has 1 aromatic rings. The first-order valence-corrected chi connectivity index (χ1v) is 9.99. The van der Waals surface area contributed by atoms with Crippen LogP contribution in [0.3, 0.4) is 0 Å². The number of halogens is 2. The summed E-state index contributed by atoms with van der Waals surface area (Å²) in [5.74, 6) is 0.902. The highest BCUT2D eigenvalue weighted by Crippen LogP contribution is 2.31. The molecule has 3 rings (SSSR count). The zero-order chi connectivity index (χ0) is 14.7. The van der Waals surface area contributed by atoms with Crippen LogP contribution < -0.4 is 4.90 Å². The van der Waals surface area contributed by atoms with Crippen LogP contribution in [0.5, 0.6) is 0 Å². The van der Waals surface area contributed by atoms with Crippen LogP contribution in [0, 0.1) is 5.92 Å². The Labute approximate surface area is 145 Å². The molecule has 0 aliphatic carbocycles. The maximum atomic E-state index is 3.62. The molecule has 0 bridgehead atoms. The van der Waals surface area contributed by atoms with Crippen LogP contribution in [-0.4, -0.2) is 37.6 Å². The molecule has 1 aromatic carbocycles. The Morgan fingerprint density at radius 1 is 1.05 bits per heavy atom. The molecule has 4 heteroatoms. The Morgan fingerprint density at radius 3 is 2.43 bits per heavy atom. The normalized spacial score (nSPS) is 21.1. The summed E-state index contributed by atoms with van der Waals surface area (Å²) in [5, 5.41) is 0.934. The predicted molar refractivity (Wildman–Crippen MR) is 97.4 cm³/mol. The molecule has 2 aliphatic heterocycles. The fourth-order valence-corrected chi connectivity index (χ4v) is 4.45. The van der Waals surface area contributed by atoms with Gasteiger partial charge in [0.15, 0.2) is 0 Å². The summed E-state index contributed by atoms with van der Waals surface area (Å²) in [7, 11) is 0. The SMILES string of the molecule is BrCc1ccc(Br)cc1N1CCC(CN2CCCC2)CC1. The van der Waals surface area contributed by atoms with E-state index in [1.807, 2.05) is 0 Å². The summed E-state index contributed by atoms with van der Waals surface area (Å²) < 4.78 is 1.18. The number of alkyl halides is 1. The van der Waals surface area contributed by atoms with Crippen LogP contribution in [0.4, 0.5) is 5.69 Å². The zero-order valence-electron chi connectivity index (χ0n) is 12.5. The van der Waals surface area contributed by atoms with Crippen molar-refractivity contribution in [3.8, 4) is 0 Å². The fraction of sp³-hybridized carbons (Fsp3) is 0.647. The first-order valence-electron chi connectivity index (χ1n) is 8.08. The van der Waals surface area contributed by atoms with Gasteiger partial charge in [-0.05, 0) is 62.4 Å². The minimum Gasteiger partial charge on any atom is -0.371 e. The summed E-state index contributed by atoms with van der Waals surface area (Å²) in [5.41, 5.74) is 2.80. The van der Waals surface area contributed by atoms with Crippen molar-refractivity contribution in [2.75, 3.05) is 37.6 Å². The van der Waals surface area contributed by atoms with Gasteiger partial charge in [-0.3, -0.25) is 0 Å². The highest BCUT2D eigenvalue weighted by atomic mass is 79.9. The zero-order valence-corrected chi connectivity index (χ0v) is 15.7. The molecule has 0 radical (unpaired) electrons. The van der Waals surface area contributed by atoms with E-state index in [1.165, 1.54) is 74.1 Å². The highest BCUT2D eigenvalue weighted by molar-refractivity contribution is 9.10. The van der Waals surface area contributed by atoms with E-state index >= 15 is 0 Å². The van der Waals surface area contributed by atoms with Gasteiger partial charge in [-0.25, -0.2) is 0 Å². The number of rotatable bonds is 4. The van der Waals surface area contributed by atoms with E-state index in [0.29, 0.717) is 0 Å². The lowest BCUT2D eigenvalue weighted by Crippen LogP contribution is -2.38. The molecule has 2 heterocycles. The van der Waals surface area contributed by atoms with E-state index in [9.17, 15) is 0 Å². The van der Waals surface area contributed by atoms with Crippen LogP contribution in [0.1, 0.15) is 31.2 Å². The number of anilines is 1. The molecule has 0 atom stereocenters. The van der Waals surface area contributed by atoms with Crippen molar-refractivity contribution in [2.45, 2.75) is 31.0 Å². The fourth-order valence-electron chi connectivity index (χ4n) is 3.63. The minimum absolute atomic E-state index is 0.902. The van der Waals surface area contributed by atoms with Crippen LogP contribution >= 0.6 is 31.9 Å². The third-order valence-corrected chi connectivity index (χ3v) is 5.96. The molecule has 2 aliphatic rings. The Bertz CT molecular complexity index is 464. The monoisotopic (exact) mass is 414 g/mol. The maximum absolute atomic E-state index is 3.62. The van der Waals surface area contributed by atoms with Crippen LogP contribution in [-0.2, 0) is 5.33 Å². The summed E-state index contributed by atoms with van der Waals surface area (Å²) in [4.78, 5) is 5.24. The summed E-state index contributed by atoms with van der Waals surface area (Å²) in [6, 6.07) is 6.64. The van der Waals surface area contributed by atoms with Gasteiger partial charge in [0.25, 0.3) is 0 Å². The van der Waals surface area contributed by atoms with Crippen molar-refractivity contribution >= 4 is 37.5 Å². The Hall–Kier alpha value is -0.0600. The smallest absolute Gasteiger partial charge is 0.0418 e. The molecular formula is C17H24Br2N2. The Balaban J connectivity index is 1.59.